The first kappa shape index (κ1) is 27.0. The first-order valence-electron chi connectivity index (χ1n) is 10.7. The molecule has 0 aliphatic rings. The van der Waals surface area contributed by atoms with Crippen LogP contribution in [0.25, 0.3) is 0 Å². The smallest absolute Gasteiger partial charge is 0.275 e. The van der Waals surface area contributed by atoms with E-state index < -0.39 is 5.91 Å². The molecule has 2 amide bonds. The van der Waals surface area contributed by atoms with Gasteiger partial charge in [0.25, 0.3) is 11.8 Å². The number of benzene rings is 3. The molecule has 3 aromatic rings. The Kier molecular flexibility index (Phi) is 9.71. The number of para-hydroxylation sites is 2. The van der Waals surface area contributed by atoms with Gasteiger partial charge in [-0.15, -0.1) is 0 Å². The average molecular weight is 621 g/mol. The lowest BCUT2D eigenvalue weighted by molar-refractivity contribution is -0.118. The van der Waals surface area contributed by atoms with Crippen LogP contribution < -0.4 is 25.0 Å². The molecule has 3 N–H and O–H groups in total. The molecule has 0 spiro atoms. The van der Waals surface area contributed by atoms with Gasteiger partial charge < -0.3 is 24.6 Å². The molecule has 9 nitrogen and oxygen atoms in total. The first-order valence-corrected chi connectivity index (χ1v) is 12.2. The van der Waals surface area contributed by atoms with Gasteiger partial charge >= 0.3 is 0 Å². The van der Waals surface area contributed by atoms with Crippen molar-refractivity contribution in [2.45, 2.75) is 6.92 Å². The zero-order valence-electron chi connectivity index (χ0n) is 19.4. The van der Waals surface area contributed by atoms with Gasteiger partial charge in [-0.1, -0.05) is 28.1 Å². The van der Waals surface area contributed by atoms with E-state index in [2.05, 4.69) is 47.7 Å². The van der Waals surface area contributed by atoms with Crippen LogP contribution in [0.5, 0.6) is 23.0 Å². The number of hydrogen-bond acceptors (Lipinski definition) is 7. The van der Waals surface area contributed by atoms with Crippen LogP contribution >= 0.6 is 31.9 Å². The summed E-state index contributed by atoms with van der Waals surface area (Å²) >= 11 is 6.47. The molecule has 11 heteroatoms. The van der Waals surface area contributed by atoms with Crippen molar-refractivity contribution in [1.82, 2.24) is 5.43 Å². The number of anilines is 1. The van der Waals surface area contributed by atoms with Crippen LogP contribution in [-0.4, -0.2) is 43.5 Å². The highest BCUT2D eigenvalue weighted by Gasteiger charge is 2.15. The molecule has 3 aromatic carbocycles. The Morgan fingerprint density at radius 2 is 1.81 bits per heavy atom. The Bertz CT molecular complexity index is 1280. The molecule has 0 atom stereocenters. The maximum absolute atomic E-state index is 12.4. The summed E-state index contributed by atoms with van der Waals surface area (Å²) in [6.45, 7) is 1.95. The number of halogens is 2. The lowest BCUT2D eigenvalue weighted by Crippen LogP contribution is -2.20. The summed E-state index contributed by atoms with van der Waals surface area (Å²) in [4.78, 5) is 24.7. The van der Waals surface area contributed by atoms with Crippen LogP contribution in [0.15, 0.2) is 68.6 Å². The molecule has 0 heterocycles. The molecule has 0 unspecified atom stereocenters. The van der Waals surface area contributed by atoms with Crippen LogP contribution in [0.1, 0.15) is 22.8 Å². The molecule has 188 valence electrons. The number of hydrazone groups is 1. The maximum atomic E-state index is 12.4. The molecule has 3 rings (SSSR count). The van der Waals surface area contributed by atoms with Crippen LogP contribution in [0.4, 0.5) is 5.69 Å². The van der Waals surface area contributed by atoms with Gasteiger partial charge in [-0.3, -0.25) is 9.59 Å². The monoisotopic (exact) mass is 619 g/mol. The topological polar surface area (TPSA) is 118 Å². The maximum Gasteiger partial charge on any atom is 0.275 e. The fourth-order valence-electron chi connectivity index (χ4n) is 3.03. The van der Waals surface area contributed by atoms with Gasteiger partial charge in [-0.25, -0.2) is 5.43 Å². The number of carbonyl (C=O) groups is 2. The lowest BCUT2D eigenvalue weighted by atomic mass is 10.2. The molecular formula is C25H23Br2N3O6. The van der Waals surface area contributed by atoms with E-state index in [1.54, 1.807) is 48.5 Å². The Morgan fingerprint density at radius 3 is 2.56 bits per heavy atom. The third-order valence-electron chi connectivity index (χ3n) is 4.66. The number of carbonyl (C=O) groups excluding carboxylic acids is 2. The summed E-state index contributed by atoms with van der Waals surface area (Å²) in [6, 6.07) is 15.2. The van der Waals surface area contributed by atoms with Gasteiger partial charge in [0.05, 0.1) is 35.7 Å². The summed E-state index contributed by atoms with van der Waals surface area (Å²) in [7, 11) is 1.52. The van der Waals surface area contributed by atoms with E-state index in [0.717, 1.165) is 0 Å². The number of aromatic hydroxyl groups is 1. The second-order valence-corrected chi connectivity index (χ2v) is 8.93. The molecule has 0 saturated heterocycles. The van der Waals surface area contributed by atoms with Crippen LogP contribution in [0.2, 0.25) is 0 Å². The molecule has 36 heavy (non-hydrogen) atoms. The molecule has 0 fully saturated rings. The number of ether oxygens (including phenoxy) is 3. The summed E-state index contributed by atoms with van der Waals surface area (Å²) in [5, 5.41) is 16.8. The molecule has 0 aromatic heterocycles. The minimum absolute atomic E-state index is 0.0542. The fourth-order valence-corrected chi connectivity index (χ4v) is 4.26. The summed E-state index contributed by atoms with van der Waals surface area (Å²) in [6.07, 6.45) is 1.42. The van der Waals surface area contributed by atoms with Gasteiger partial charge in [0.15, 0.2) is 18.1 Å². The Labute approximate surface area is 224 Å². The van der Waals surface area contributed by atoms with Gasteiger partial charge in [0, 0.05) is 4.47 Å². The molecule has 0 aliphatic carbocycles. The van der Waals surface area contributed by atoms with Crippen molar-refractivity contribution < 1.29 is 28.9 Å². The molecule has 0 bridgehead atoms. The van der Waals surface area contributed by atoms with Gasteiger partial charge in [0.2, 0.25) is 0 Å². The predicted molar refractivity (Wildman–Crippen MR) is 143 cm³/mol. The molecular weight excluding hydrogens is 598 g/mol. The summed E-state index contributed by atoms with van der Waals surface area (Å²) < 4.78 is 17.5. The van der Waals surface area contributed by atoms with E-state index >= 15 is 0 Å². The summed E-state index contributed by atoms with van der Waals surface area (Å²) in [5.74, 6) is 0.179. The van der Waals surface area contributed by atoms with Crippen LogP contribution in [0, 0.1) is 0 Å². The summed E-state index contributed by atoms with van der Waals surface area (Å²) in [5.41, 5.74) is 3.58. The minimum atomic E-state index is -0.586. The van der Waals surface area contributed by atoms with E-state index in [4.69, 9.17) is 14.2 Å². The highest BCUT2D eigenvalue weighted by Crippen LogP contribution is 2.32. The number of methoxy groups -OCH3 is 1. The van der Waals surface area contributed by atoms with Crippen molar-refractivity contribution in [2.24, 2.45) is 5.10 Å². The number of hydrogen-bond donors (Lipinski definition) is 3. The van der Waals surface area contributed by atoms with E-state index in [1.807, 2.05) is 6.92 Å². The zero-order valence-corrected chi connectivity index (χ0v) is 22.6. The second kappa shape index (κ2) is 12.9. The third-order valence-corrected chi connectivity index (χ3v) is 5.72. The lowest BCUT2D eigenvalue weighted by Gasteiger charge is -2.13. The first-order chi connectivity index (χ1) is 17.3. The average Bonchev–Trinajstić information content (AvgIpc) is 2.86. The highest BCUT2D eigenvalue weighted by atomic mass is 79.9. The van der Waals surface area contributed by atoms with E-state index in [0.29, 0.717) is 44.1 Å². The van der Waals surface area contributed by atoms with E-state index in [9.17, 15) is 14.7 Å². The largest absolute Gasteiger partial charge is 0.506 e. The van der Waals surface area contributed by atoms with Gasteiger partial charge in [-0.2, -0.15) is 5.10 Å². The van der Waals surface area contributed by atoms with Crippen molar-refractivity contribution in [3.8, 4) is 23.0 Å². The Hall–Kier alpha value is -3.57. The van der Waals surface area contributed by atoms with Gasteiger partial charge in [0.1, 0.15) is 11.5 Å². The van der Waals surface area contributed by atoms with Crippen LogP contribution in [0.3, 0.4) is 0 Å². The number of phenols is 1. The SMILES string of the molecule is CCOc1cc(/C=N\NC(=O)c2cc(Br)cc(Br)c2O)ccc1OCC(=O)Nc1ccccc1OC. The zero-order chi connectivity index (χ0) is 26.1. The van der Waals surface area contributed by atoms with E-state index in [-0.39, 0.29) is 23.8 Å². The molecule has 0 aliphatic heterocycles. The number of nitrogens with one attached hydrogen (secondary N) is 2. The number of phenolic OH excluding ortho intramolecular Hbond substituents is 1. The van der Waals surface area contributed by atoms with Crippen molar-refractivity contribution in [2.75, 3.05) is 25.6 Å². The number of amides is 2. The normalized spacial score (nSPS) is 10.7. The predicted octanol–water partition coefficient (Wildman–Crippen LogP) is 5.11. The quantitative estimate of drug-likeness (QED) is 0.214. The number of nitrogens with zero attached hydrogens (tertiary/aromatic N) is 1. The standard InChI is InChI=1S/C25H23Br2N3O6/c1-3-35-22-10-15(13-28-30-25(33)17-11-16(26)12-18(27)24(17)32)8-9-21(22)36-14-23(31)29-19-6-4-5-7-20(19)34-2/h4-13,32H,3,14H2,1-2H3,(H,29,31)(H,30,33)/b28-13-. The highest BCUT2D eigenvalue weighted by molar-refractivity contribution is 9.11. The Balaban J connectivity index is 1.64. The van der Waals surface area contributed by atoms with E-state index in [1.165, 1.54) is 19.4 Å². The van der Waals surface area contributed by atoms with Crippen molar-refractivity contribution in [1.29, 1.82) is 0 Å². The van der Waals surface area contributed by atoms with Crippen LogP contribution in [-0.2, 0) is 4.79 Å². The Morgan fingerprint density at radius 1 is 1.03 bits per heavy atom. The minimum Gasteiger partial charge on any atom is -0.506 e. The number of rotatable bonds is 10. The van der Waals surface area contributed by atoms with Crippen molar-refractivity contribution >= 4 is 55.6 Å². The molecule has 0 radical (unpaired) electrons. The van der Waals surface area contributed by atoms with Crippen molar-refractivity contribution in [3.05, 3.63) is 74.7 Å². The molecule has 0 saturated carbocycles. The van der Waals surface area contributed by atoms with Gasteiger partial charge in [-0.05, 0) is 70.9 Å². The fraction of sp³-hybridized carbons (Fsp3) is 0.160. The third kappa shape index (κ3) is 7.22. The van der Waals surface area contributed by atoms with Crippen molar-refractivity contribution in [3.63, 3.8) is 0 Å². The second-order valence-electron chi connectivity index (χ2n) is 7.16.